The molecule has 0 radical (unpaired) electrons. The number of halogens is 3. The van der Waals surface area contributed by atoms with Crippen molar-refractivity contribution in [1.82, 2.24) is 4.90 Å². The van der Waals surface area contributed by atoms with Crippen LogP contribution in [-0.2, 0) is 0 Å². The lowest BCUT2D eigenvalue weighted by atomic mass is 10.2. The van der Waals surface area contributed by atoms with Crippen LogP contribution in [0.1, 0.15) is 10.9 Å². The standard InChI is InChI=1S/C9H10F3NS/c1-13(2)8(7(10)9(11)12)6-4-3-5-14-6/h3-5,8H,1-2H3. The molecular weight excluding hydrogens is 211 g/mol. The van der Waals surface area contributed by atoms with Gasteiger partial charge < -0.3 is 0 Å². The van der Waals surface area contributed by atoms with Gasteiger partial charge in [-0.2, -0.15) is 8.78 Å². The molecule has 1 aromatic heterocycles. The molecule has 0 spiro atoms. The van der Waals surface area contributed by atoms with Crippen LogP contribution < -0.4 is 0 Å². The zero-order valence-electron chi connectivity index (χ0n) is 7.80. The van der Waals surface area contributed by atoms with Gasteiger partial charge in [-0.3, -0.25) is 4.90 Å². The van der Waals surface area contributed by atoms with Crippen LogP contribution in [0.15, 0.2) is 29.4 Å². The summed E-state index contributed by atoms with van der Waals surface area (Å²) in [7, 11) is 3.12. The second-order valence-electron chi connectivity index (χ2n) is 2.99. The van der Waals surface area contributed by atoms with Gasteiger partial charge in [0, 0.05) is 4.88 Å². The van der Waals surface area contributed by atoms with E-state index in [1.54, 1.807) is 31.6 Å². The lowest BCUT2D eigenvalue weighted by Gasteiger charge is -2.20. The van der Waals surface area contributed by atoms with E-state index in [9.17, 15) is 13.2 Å². The van der Waals surface area contributed by atoms with E-state index < -0.39 is 17.9 Å². The summed E-state index contributed by atoms with van der Waals surface area (Å²) in [5.74, 6) is -1.38. The number of nitrogens with zero attached hydrogens (tertiary/aromatic N) is 1. The highest BCUT2D eigenvalue weighted by atomic mass is 32.1. The van der Waals surface area contributed by atoms with Gasteiger partial charge in [-0.15, -0.1) is 11.3 Å². The Morgan fingerprint density at radius 3 is 2.36 bits per heavy atom. The Kier molecular flexibility index (Phi) is 3.71. The van der Waals surface area contributed by atoms with Crippen LogP contribution in [0.25, 0.3) is 0 Å². The largest absolute Gasteiger partial charge is 0.303 e. The van der Waals surface area contributed by atoms with Crippen LogP contribution >= 0.6 is 11.3 Å². The highest BCUT2D eigenvalue weighted by Crippen LogP contribution is 2.33. The van der Waals surface area contributed by atoms with Gasteiger partial charge in [-0.1, -0.05) is 6.07 Å². The molecule has 0 aliphatic carbocycles. The molecule has 78 valence electrons. The smallest absolute Gasteiger partial charge is 0.296 e. The summed E-state index contributed by atoms with van der Waals surface area (Å²) in [6.07, 6.45) is -2.25. The summed E-state index contributed by atoms with van der Waals surface area (Å²) in [5.41, 5.74) is 0. The Balaban J connectivity index is 3.04. The fraction of sp³-hybridized carbons (Fsp3) is 0.333. The van der Waals surface area contributed by atoms with Crippen LogP contribution in [0.4, 0.5) is 13.2 Å². The highest BCUT2D eigenvalue weighted by Gasteiger charge is 2.24. The maximum Gasteiger partial charge on any atom is 0.303 e. The number of hydrogen-bond donors (Lipinski definition) is 0. The molecule has 0 aliphatic rings. The van der Waals surface area contributed by atoms with E-state index in [0.717, 1.165) is 0 Å². The first-order chi connectivity index (χ1) is 6.54. The van der Waals surface area contributed by atoms with Crippen LogP contribution in [0.2, 0.25) is 0 Å². The fourth-order valence-corrected chi connectivity index (χ4v) is 2.07. The molecule has 0 saturated carbocycles. The van der Waals surface area contributed by atoms with Crippen molar-refractivity contribution in [3.63, 3.8) is 0 Å². The third-order valence-corrected chi connectivity index (χ3v) is 2.67. The first-order valence-corrected chi connectivity index (χ1v) is 4.82. The number of hydrogen-bond acceptors (Lipinski definition) is 2. The van der Waals surface area contributed by atoms with E-state index in [-0.39, 0.29) is 0 Å². The predicted octanol–water partition coefficient (Wildman–Crippen LogP) is 3.43. The second kappa shape index (κ2) is 4.61. The monoisotopic (exact) mass is 221 g/mol. The maximum absolute atomic E-state index is 13.1. The van der Waals surface area contributed by atoms with Gasteiger partial charge in [0.25, 0.3) is 0 Å². The zero-order valence-corrected chi connectivity index (χ0v) is 8.62. The van der Waals surface area contributed by atoms with Crippen molar-refractivity contribution in [2.45, 2.75) is 6.04 Å². The summed E-state index contributed by atoms with van der Waals surface area (Å²) in [6.45, 7) is 0. The van der Waals surface area contributed by atoms with Crippen molar-refractivity contribution < 1.29 is 13.2 Å². The molecule has 1 aromatic rings. The molecule has 1 nitrogen and oxygen atoms in total. The topological polar surface area (TPSA) is 3.24 Å². The second-order valence-corrected chi connectivity index (χ2v) is 3.97. The maximum atomic E-state index is 13.1. The van der Waals surface area contributed by atoms with Gasteiger partial charge in [0.2, 0.25) is 0 Å². The van der Waals surface area contributed by atoms with E-state index in [0.29, 0.717) is 4.88 Å². The minimum absolute atomic E-state index is 0.570. The lowest BCUT2D eigenvalue weighted by molar-refractivity contribution is 0.267. The van der Waals surface area contributed by atoms with Crippen molar-refractivity contribution in [3.05, 3.63) is 34.3 Å². The molecule has 0 N–H and O–H groups in total. The van der Waals surface area contributed by atoms with Gasteiger partial charge in [-0.25, -0.2) is 4.39 Å². The Morgan fingerprint density at radius 2 is 2.00 bits per heavy atom. The number of thiophene rings is 1. The van der Waals surface area contributed by atoms with E-state index in [4.69, 9.17) is 0 Å². The van der Waals surface area contributed by atoms with Crippen LogP contribution in [-0.4, -0.2) is 19.0 Å². The van der Waals surface area contributed by atoms with Gasteiger partial charge in [0.1, 0.15) is 6.04 Å². The molecule has 0 saturated heterocycles. The SMILES string of the molecule is CN(C)C(C(F)=C(F)F)c1cccs1. The Morgan fingerprint density at radius 1 is 1.36 bits per heavy atom. The van der Waals surface area contributed by atoms with Crippen molar-refractivity contribution >= 4 is 11.3 Å². The molecule has 1 heterocycles. The molecule has 1 rings (SSSR count). The first-order valence-electron chi connectivity index (χ1n) is 3.94. The molecule has 14 heavy (non-hydrogen) atoms. The third kappa shape index (κ3) is 2.36. The number of rotatable bonds is 3. The van der Waals surface area contributed by atoms with Gasteiger partial charge in [0.15, 0.2) is 5.83 Å². The highest BCUT2D eigenvalue weighted by molar-refractivity contribution is 7.10. The Hall–Kier alpha value is -0.810. The normalized spacial score (nSPS) is 13.0. The van der Waals surface area contributed by atoms with Gasteiger partial charge in [-0.05, 0) is 25.5 Å². The quantitative estimate of drug-likeness (QED) is 0.755. The Labute approximate surface area is 84.5 Å². The summed E-state index contributed by atoms with van der Waals surface area (Å²) in [5, 5.41) is 1.73. The molecule has 0 aliphatic heterocycles. The van der Waals surface area contributed by atoms with E-state index in [2.05, 4.69) is 0 Å². The van der Waals surface area contributed by atoms with Crippen LogP contribution in [0.3, 0.4) is 0 Å². The van der Waals surface area contributed by atoms with Crippen molar-refractivity contribution in [3.8, 4) is 0 Å². The first kappa shape index (κ1) is 11.3. The molecule has 0 bridgehead atoms. The summed E-state index contributed by atoms with van der Waals surface area (Å²) in [4.78, 5) is 1.99. The van der Waals surface area contributed by atoms with E-state index >= 15 is 0 Å². The van der Waals surface area contributed by atoms with Gasteiger partial charge >= 0.3 is 6.08 Å². The molecule has 1 atom stereocenters. The van der Waals surface area contributed by atoms with Crippen molar-refractivity contribution in [1.29, 1.82) is 0 Å². The predicted molar refractivity (Wildman–Crippen MR) is 51.1 cm³/mol. The molecule has 0 amide bonds. The zero-order chi connectivity index (χ0) is 10.7. The third-order valence-electron chi connectivity index (χ3n) is 1.75. The summed E-state index contributed by atoms with van der Waals surface area (Å²) in [6, 6.07) is 2.37. The molecular formula is C9H10F3NS. The Bertz CT molecular complexity index is 315. The average molecular weight is 221 g/mol. The van der Waals surface area contributed by atoms with Crippen molar-refractivity contribution in [2.24, 2.45) is 0 Å². The lowest BCUT2D eigenvalue weighted by Crippen LogP contribution is -2.19. The molecule has 1 unspecified atom stereocenters. The van der Waals surface area contributed by atoms with Crippen molar-refractivity contribution in [2.75, 3.05) is 14.1 Å². The summed E-state index contributed by atoms with van der Waals surface area (Å²) < 4.78 is 37.3. The minimum Gasteiger partial charge on any atom is -0.296 e. The fourth-order valence-electron chi connectivity index (χ4n) is 1.16. The van der Waals surface area contributed by atoms with E-state index in [1.807, 2.05) is 0 Å². The van der Waals surface area contributed by atoms with Crippen LogP contribution in [0, 0.1) is 0 Å². The molecule has 5 heteroatoms. The average Bonchev–Trinajstić information content (AvgIpc) is 2.56. The van der Waals surface area contributed by atoms with E-state index in [1.165, 1.54) is 16.2 Å². The molecule has 0 fully saturated rings. The minimum atomic E-state index is -2.25. The molecule has 0 aromatic carbocycles. The van der Waals surface area contributed by atoms with Crippen LogP contribution in [0.5, 0.6) is 0 Å². The number of likely N-dealkylation sites (N-methyl/N-ethyl adjacent to an activating group) is 1. The van der Waals surface area contributed by atoms with Gasteiger partial charge in [0.05, 0.1) is 0 Å². The summed E-state index contributed by atoms with van der Waals surface area (Å²) >= 11 is 1.26.